The number of aliphatic hydroxyl groups excluding tert-OH is 1. The number of nitrogen functional groups attached to an aromatic ring is 1. The summed E-state index contributed by atoms with van der Waals surface area (Å²) in [6.45, 7) is 4.75. The normalized spacial score (nSPS) is 11.9. The van der Waals surface area contributed by atoms with Crippen LogP contribution in [0.4, 0.5) is 5.82 Å². The zero-order valence-corrected chi connectivity index (χ0v) is 10.1. The summed E-state index contributed by atoms with van der Waals surface area (Å²) in [5.41, 5.74) is 3.17. The summed E-state index contributed by atoms with van der Waals surface area (Å²) < 4.78 is 0. The van der Waals surface area contributed by atoms with Crippen LogP contribution in [0.5, 0.6) is 0 Å². The maximum atomic E-state index is 9.25. The Kier molecular flexibility index (Phi) is 4.23. The maximum Gasteiger partial charge on any atom is 0.140 e. The number of hydrazine groups is 1. The number of aromatic nitrogens is 1. The predicted molar refractivity (Wildman–Crippen MR) is 64.7 cm³/mol. The fourth-order valence-corrected chi connectivity index (χ4v) is 1.23. The molecule has 0 bridgehead atoms. The van der Waals surface area contributed by atoms with E-state index in [1.54, 1.807) is 6.07 Å². The molecule has 0 aromatic carbocycles. The Balaban J connectivity index is 2.72. The molecule has 1 heterocycles. The van der Waals surface area contributed by atoms with Gasteiger partial charge in [-0.15, -0.1) is 0 Å². The summed E-state index contributed by atoms with van der Waals surface area (Å²) in [7, 11) is 1.96. The van der Waals surface area contributed by atoms with E-state index in [-0.39, 0.29) is 12.1 Å². The van der Waals surface area contributed by atoms with Crippen LogP contribution in [0.3, 0.4) is 0 Å². The standard InChI is InChI=1S/C11H20N4O/c1-11(2,8-16)15(3)7-9-5-4-6-10(13-9)14-12/h4-6,16H,7-8,12H2,1-3H3,(H,13,14). The van der Waals surface area contributed by atoms with Crippen molar-refractivity contribution in [2.24, 2.45) is 5.84 Å². The molecule has 4 N–H and O–H groups in total. The second kappa shape index (κ2) is 5.25. The van der Waals surface area contributed by atoms with Crippen LogP contribution in [0.2, 0.25) is 0 Å². The van der Waals surface area contributed by atoms with Crippen LogP contribution in [0.25, 0.3) is 0 Å². The highest BCUT2D eigenvalue weighted by Gasteiger charge is 2.22. The minimum Gasteiger partial charge on any atom is -0.394 e. The zero-order chi connectivity index (χ0) is 12.2. The number of hydrogen-bond donors (Lipinski definition) is 3. The van der Waals surface area contributed by atoms with E-state index in [0.717, 1.165) is 5.69 Å². The Labute approximate surface area is 96.3 Å². The van der Waals surface area contributed by atoms with Gasteiger partial charge >= 0.3 is 0 Å². The summed E-state index contributed by atoms with van der Waals surface area (Å²) in [5, 5.41) is 9.25. The molecule has 0 saturated carbocycles. The van der Waals surface area contributed by atoms with Crippen molar-refractivity contribution in [1.82, 2.24) is 9.88 Å². The van der Waals surface area contributed by atoms with Crippen molar-refractivity contribution in [2.45, 2.75) is 25.9 Å². The van der Waals surface area contributed by atoms with Gasteiger partial charge in [-0.3, -0.25) is 4.90 Å². The van der Waals surface area contributed by atoms with Gasteiger partial charge in [0, 0.05) is 12.1 Å². The van der Waals surface area contributed by atoms with Crippen molar-refractivity contribution in [2.75, 3.05) is 19.1 Å². The smallest absolute Gasteiger partial charge is 0.140 e. The number of hydrogen-bond acceptors (Lipinski definition) is 5. The van der Waals surface area contributed by atoms with Gasteiger partial charge in [0.1, 0.15) is 5.82 Å². The van der Waals surface area contributed by atoms with Gasteiger partial charge in [-0.2, -0.15) is 0 Å². The monoisotopic (exact) mass is 224 g/mol. The highest BCUT2D eigenvalue weighted by atomic mass is 16.3. The molecule has 1 aromatic rings. The van der Waals surface area contributed by atoms with E-state index in [4.69, 9.17) is 5.84 Å². The molecule has 0 atom stereocenters. The lowest BCUT2D eigenvalue weighted by Crippen LogP contribution is -2.43. The van der Waals surface area contributed by atoms with Crippen molar-refractivity contribution in [1.29, 1.82) is 0 Å². The van der Waals surface area contributed by atoms with Gasteiger partial charge in [0.25, 0.3) is 0 Å². The largest absolute Gasteiger partial charge is 0.394 e. The highest BCUT2D eigenvalue weighted by Crippen LogP contribution is 2.14. The lowest BCUT2D eigenvalue weighted by atomic mass is 10.1. The van der Waals surface area contributed by atoms with Gasteiger partial charge in [-0.25, -0.2) is 10.8 Å². The highest BCUT2D eigenvalue weighted by molar-refractivity contribution is 5.33. The van der Waals surface area contributed by atoms with E-state index in [1.807, 2.05) is 33.0 Å². The first-order valence-corrected chi connectivity index (χ1v) is 5.24. The number of pyridine rings is 1. The molecule has 5 heteroatoms. The molecule has 0 aliphatic rings. The molecule has 0 spiro atoms. The summed E-state index contributed by atoms with van der Waals surface area (Å²) >= 11 is 0. The molecular weight excluding hydrogens is 204 g/mol. The summed E-state index contributed by atoms with van der Waals surface area (Å²) in [6, 6.07) is 5.64. The Hall–Kier alpha value is -1.17. The molecule has 90 valence electrons. The third kappa shape index (κ3) is 3.16. The van der Waals surface area contributed by atoms with Crippen LogP contribution >= 0.6 is 0 Å². The van der Waals surface area contributed by atoms with Crippen LogP contribution in [0.15, 0.2) is 18.2 Å². The fraction of sp³-hybridized carbons (Fsp3) is 0.545. The number of aliphatic hydroxyl groups is 1. The lowest BCUT2D eigenvalue weighted by Gasteiger charge is -2.33. The molecule has 0 aliphatic carbocycles. The van der Waals surface area contributed by atoms with Crippen LogP contribution < -0.4 is 11.3 Å². The Morgan fingerprint density at radius 3 is 2.75 bits per heavy atom. The second-order valence-electron chi connectivity index (χ2n) is 4.49. The first-order valence-electron chi connectivity index (χ1n) is 5.24. The van der Waals surface area contributed by atoms with E-state index in [1.165, 1.54) is 0 Å². The fourth-order valence-electron chi connectivity index (χ4n) is 1.23. The van der Waals surface area contributed by atoms with E-state index in [0.29, 0.717) is 12.4 Å². The number of anilines is 1. The Morgan fingerprint density at radius 1 is 1.50 bits per heavy atom. The Morgan fingerprint density at radius 2 is 2.19 bits per heavy atom. The molecule has 0 unspecified atom stereocenters. The van der Waals surface area contributed by atoms with Gasteiger partial charge < -0.3 is 10.5 Å². The second-order valence-corrected chi connectivity index (χ2v) is 4.49. The SMILES string of the molecule is CN(Cc1cccc(NN)n1)C(C)(C)CO. The zero-order valence-electron chi connectivity index (χ0n) is 10.1. The van der Waals surface area contributed by atoms with Crippen molar-refractivity contribution in [3.8, 4) is 0 Å². The first-order chi connectivity index (χ1) is 7.49. The number of likely N-dealkylation sites (N-methyl/N-ethyl adjacent to an activating group) is 1. The number of nitrogens with zero attached hydrogens (tertiary/aromatic N) is 2. The van der Waals surface area contributed by atoms with E-state index >= 15 is 0 Å². The maximum absolute atomic E-state index is 9.25. The molecule has 0 aliphatic heterocycles. The molecule has 0 saturated heterocycles. The molecule has 16 heavy (non-hydrogen) atoms. The molecule has 1 rings (SSSR count). The molecule has 5 nitrogen and oxygen atoms in total. The van der Waals surface area contributed by atoms with Gasteiger partial charge in [0.2, 0.25) is 0 Å². The minimum absolute atomic E-state index is 0.109. The van der Waals surface area contributed by atoms with Crippen molar-refractivity contribution in [3.05, 3.63) is 23.9 Å². The first kappa shape index (κ1) is 12.9. The number of rotatable bonds is 5. The quantitative estimate of drug-likeness (QED) is 0.503. The molecule has 0 amide bonds. The van der Waals surface area contributed by atoms with E-state index in [2.05, 4.69) is 15.3 Å². The lowest BCUT2D eigenvalue weighted by molar-refractivity contribution is 0.0725. The number of nitrogens with two attached hydrogens (primary N) is 1. The van der Waals surface area contributed by atoms with Crippen LogP contribution in [0, 0.1) is 0 Å². The average Bonchev–Trinajstić information content (AvgIpc) is 2.29. The predicted octanol–water partition coefficient (Wildman–Crippen LogP) is 0.570. The number of nitrogens with one attached hydrogen (secondary N) is 1. The van der Waals surface area contributed by atoms with Gasteiger partial charge in [0.05, 0.1) is 12.3 Å². The summed E-state index contributed by atoms with van der Waals surface area (Å²) in [6.07, 6.45) is 0. The van der Waals surface area contributed by atoms with Crippen molar-refractivity contribution < 1.29 is 5.11 Å². The third-order valence-electron chi connectivity index (χ3n) is 2.77. The molecule has 0 fully saturated rings. The van der Waals surface area contributed by atoms with Gasteiger partial charge in [-0.1, -0.05) is 6.07 Å². The average molecular weight is 224 g/mol. The van der Waals surface area contributed by atoms with Gasteiger partial charge in [-0.05, 0) is 33.0 Å². The molecule has 0 radical (unpaired) electrons. The van der Waals surface area contributed by atoms with Crippen LogP contribution in [-0.4, -0.2) is 34.2 Å². The van der Waals surface area contributed by atoms with Crippen LogP contribution in [-0.2, 0) is 6.54 Å². The Bertz CT molecular complexity index is 341. The van der Waals surface area contributed by atoms with Crippen molar-refractivity contribution >= 4 is 5.82 Å². The van der Waals surface area contributed by atoms with Gasteiger partial charge in [0.15, 0.2) is 0 Å². The van der Waals surface area contributed by atoms with Crippen LogP contribution in [0.1, 0.15) is 19.5 Å². The summed E-state index contributed by atoms with van der Waals surface area (Å²) in [5.74, 6) is 5.94. The van der Waals surface area contributed by atoms with Crippen molar-refractivity contribution in [3.63, 3.8) is 0 Å². The molecular formula is C11H20N4O. The van der Waals surface area contributed by atoms with E-state index < -0.39 is 0 Å². The molecule has 1 aromatic heterocycles. The topological polar surface area (TPSA) is 74.4 Å². The minimum atomic E-state index is -0.256. The summed E-state index contributed by atoms with van der Waals surface area (Å²) in [4.78, 5) is 6.37. The van der Waals surface area contributed by atoms with E-state index in [9.17, 15) is 5.11 Å². The third-order valence-corrected chi connectivity index (χ3v) is 2.77.